The van der Waals surface area contributed by atoms with Crippen LogP contribution in [0.1, 0.15) is 24.8 Å². The van der Waals surface area contributed by atoms with Gasteiger partial charge in [-0.15, -0.1) is 0 Å². The molecule has 2 fully saturated rings. The van der Waals surface area contributed by atoms with E-state index >= 15 is 0 Å². The van der Waals surface area contributed by atoms with Crippen LogP contribution in [0.4, 0.5) is 17.5 Å². The Balaban J connectivity index is 1.58. The maximum absolute atomic E-state index is 11.6. The number of amides is 1. The Hall–Kier alpha value is -3.68. The van der Waals surface area contributed by atoms with Crippen LogP contribution in [0.3, 0.4) is 0 Å². The number of allylic oxidation sites excluding steroid dienone is 1. The molecule has 0 spiro atoms. The van der Waals surface area contributed by atoms with Crippen LogP contribution in [0.2, 0.25) is 0 Å². The van der Waals surface area contributed by atoms with Gasteiger partial charge in [-0.3, -0.25) is 4.79 Å². The number of anilines is 3. The summed E-state index contributed by atoms with van der Waals surface area (Å²) in [4.78, 5) is 20.7. The normalized spacial score (nSPS) is 17.9. The van der Waals surface area contributed by atoms with Gasteiger partial charge in [-0.25, -0.2) is 9.97 Å². The van der Waals surface area contributed by atoms with Gasteiger partial charge in [-0.1, -0.05) is 12.6 Å². The number of aromatic nitrogens is 4. The molecule has 28 heavy (non-hydrogen) atoms. The number of rotatable bonds is 5. The third-order valence-electron chi connectivity index (χ3n) is 4.71. The second-order valence-electron chi connectivity index (χ2n) is 6.99. The van der Waals surface area contributed by atoms with Crippen LogP contribution < -0.4 is 16.0 Å². The summed E-state index contributed by atoms with van der Waals surface area (Å²) < 4.78 is 1.79. The van der Waals surface area contributed by atoms with E-state index in [-0.39, 0.29) is 5.91 Å². The lowest BCUT2D eigenvalue weighted by atomic mass is 10.1. The highest BCUT2D eigenvalue weighted by atomic mass is 16.1. The Kier molecular flexibility index (Phi) is 3.82. The van der Waals surface area contributed by atoms with Crippen LogP contribution in [0, 0.1) is 0 Å². The van der Waals surface area contributed by atoms with Gasteiger partial charge in [-0.2, -0.15) is 9.61 Å². The molecular weight excluding hydrogens is 354 g/mol. The molecular formula is C20H19N7O. The number of carbonyl (C=O) groups is 1. The summed E-state index contributed by atoms with van der Waals surface area (Å²) in [5.41, 5.74) is 3.00. The molecule has 1 aliphatic carbocycles. The van der Waals surface area contributed by atoms with Crippen molar-refractivity contribution in [1.82, 2.24) is 24.9 Å². The molecule has 0 radical (unpaired) electrons. The predicted molar refractivity (Wildman–Crippen MR) is 107 cm³/mol. The molecule has 3 aromatic rings. The van der Waals surface area contributed by atoms with Crippen LogP contribution in [-0.2, 0) is 4.79 Å². The van der Waals surface area contributed by atoms with E-state index in [1.54, 1.807) is 16.9 Å². The molecule has 0 aromatic carbocycles. The lowest BCUT2D eigenvalue weighted by molar-refractivity contribution is -0.118. The first-order valence-electron chi connectivity index (χ1n) is 9.19. The van der Waals surface area contributed by atoms with E-state index in [0.717, 1.165) is 35.6 Å². The van der Waals surface area contributed by atoms with Crippen molar-refractivity contribution in [2.75, 3.05) is 10.6 Å². The molecule has 1 aliphatic heterocycles. The Labute approximate surface area is 161 Å². The van der Waals surface area contributed by atoms with Crippen LogP contribution in [0.15, 0.2) is 54.5 Å². The number of pyridine rings is 1. The number of hydrogen-bond donors (Lipinski definition) is 3. The van der Waals surface area contributed by atoms with Gasteiger partial charge in [0.25, 0.3) is 0 Å². The molecule has 0 bridgehead atoms. The van der Waals surface area contributed by atoms with Gasteiger partial charge in [0.05, 0.1) is 12.6 Å². The summed E-state index contributed by atoms with van der Waals surface area (Å²) in [6.45, 7) is 3.90. The average molecular weight is 373 g/mol. The monoisotopic (exact) mass is 373 g/mol. The molecule has 140 valence electrons. The van der Waals surface area contributed by atoms with Crippen molar-refractivity contribution in [2.24, 2.45) is 0 Å². The van der Waals surface area contributed by atoms with Crippen molar-refractivity contribution < 1.29 is 4.79 Å². The zero-order chi connectivity index (χ0) is 19.1. The first kappa shape index (κ1) is 16.5. The zero-order valence-electron chi connectivity index (χ0n) is 15.1. The predicted octanol–water partition coefficient (Wildman–Crippen LogP) is 2.86. The minimum Gasteiger partial charge on any atom is -0.367 e. The molecule has 0 unspecified atom stereocenters. The van der Waals surface area contributed by atoms with Crippen LogP contribution in [0.25, 0.3) is 11.7 Å². The van der Waals surface area contributed by atoms with Crippen molar-refractivity contribution in [3.63, 3.8) is 0 Å². The minimum absolute atomic E-state index is 0.0470. The molecule has 5 rings (SSSR count). The van der Waals surface area contributed by atoms with Crippen LogP contribution in [0.5, 0.6) is 0 Å². The summed E-state index contributed by atoms with van der Waals surface area (Å²) in [6, 6.07) is 8.08. The third kappa shape index (κ3) is 3.20. The number of carbonyl (C=O) groups excluding carboxylic acids is 1. The quantitative estimate of drug-likeness (QED) is 0.636. The van der Waals surface area contributed by atoms with Crippen molar-refractivity contribution >= 4 is 35.1 Å². The van der Waals surface area contributed by atoms with Gasteiger partial charge < -0.3 is 16.0 Å². The van der Waals surface area contributed by atoms with Crippen molar-refractivity contribution in [3.8, 4) is 0 Å². The largest absolute Gasteiger partial charge is 0.367 e. The van der Waals surface area contributed by atoms with Gasteiger partial charge in [0.1, 0.15) is 17.5 Å². The second kappa shape index (κ2) is 6.49. The molecule has 3 N–H and O–H groups in total. The summed E-state index contributed by atoms with van der Waals surface area (Å²) >= 11 is 0. The van der Waals surface area contributed by atoms with E-state index in [1.807, 2.05) is 30.3 Å². The Morgan fingerprint density at radius 1 is 1.29 bits per heavy atom. The molecule has 0 atom stereocenters. The third-order valence-corrected chi connectivity index (χ3v) is 4.71. The summed E-state index contributed by atoms with van der Waals surface area (Å²) in [5.74, 6) is 2.22. The summed E-state index contributed by atoms with van der Waals surface area (Å²) in [6.07, 6.45) is 8.02. The Morgan fingerprint density at radius 3 is 2.89 bits per heavy atom. The molecule has 4 heterocycles. The van der Waals surface area contributed by atoms with Gasteiger partial charge >= 0.3 is 0 Å². The van der Waals surface area contributed by atoms with E-state index in [0.29, 0.717) is 29.6 Å². The Bertz CT molecular complexity index is 1110. The fourth-order valence-electron chi connectivity index (χ4n) is 3.15. The molecule has 2 aliphatic rings. The fraction of sp³-hybridized carbons (Fsp3) is 0.200. The molecule has 8 nitrogen and oxygen atoms in total. The van der Waals surface area contributed by atoms with Crippen molar-refractivity contribution in [3.05, 3.63) is 60.1 Å². The lowest BCUT2D eigenvalue weighted by Crippen LogP contribution is -2.10. The van der Waals surface area contributed by atoms with E-state index in [2.05, 4.69) is 32.6 Å². The first-order chi connectivity index (χ1) is 13.7. The molecule has 1 amide bonds. The smallest absolute Gasteiger partial charge is 0.228 e. The lowest BCUT2D eigenvalue weighted by Gasteiger charge is -2.11. The fourth-order valence-corrected chi connectivity index (χ4v) is 3.15. The maximum atomic E-state index is 11.6. The summed E-state index contributed by atoms with van der Waals surface area (Å²) in [5, 5.41) is 14.0. The highest BCUT2D eigenvalue weighted by Gasteiger charge is 2.24. The average Bonchev–Trinajstić information content (AvgIpc) is 3.32. The van der Waals surface area contributed by atoms with Crippen molar-refractivity contribution in [1.29, 1.82) is 0 Å². The molecule has 1 saturated heterocycles. The zero-order valence-corrected chi connectivity index (χ0v) is 15.1. The van der Waals surface area contributed by atoms with Crippen LogP contribution in [-0.4, -0.2) is 31.5 Å². The number of nitrogens with zero attached hydrogens (tertiary/aromatic N) is 4. The van der Waals surface area contributed by atoms with E-state index < -0.39 is 0 Å². The molecule has 1 saturated carbocycles. The topological polar surface area (TPSA) is 96.2 Å². The van der Waals surface area contributed by atoms with E-state index in [9.17, 15) is 4.79 Å². The van der Waals surface area contributed by atoms with Crippen LogP contribution >= 0.6 is 0 Å². The van der Waals surface area contributed by atoms with E-state index in [4.69, 9.17) is 4.98 Å². The molecule has 3 aromatic heterocycles. The standard InChI is InChI=1S/C20H19N7O/c1-12-13(9-19(28)23-12)8-14-11-22-27-18(24-15-5-6-15)10-17(26-20(14)27)25-16-4-2-3-7-21-16/h2-4,7-8,10-11,15,24H,1,5-6,9H2,(H,23,28)(H,21,25,26)/b13-8+. The number of fused-ring (bicyclic) bond motifs is 1. The highest BCUT2D eigenvalue weighted by molar-refractivity contribution is 5.89. The van der Waals surface area contributed by atoms with Gasteiger partial charge in [-0.05, 0) is 36.6 Å². The minimum atomic E-state index is -0.0470. The second-order valence-corrected chi connectivity index (χ2v) is 6.99. The SMILES string of the molecule is C=C1NC(=O)C/C1=C\c1cnn2c(NC3CC3)cc(Nc3ccccn3)nc12. The number of hydrogen-bond acceptors (Lipinski definition) is 6. The molecule has 8 heteroatoms. The highest BCUT2D eigenvalue weighted by Crippen LogP contribution is 2.29. The van der Waals surface area contributed by atoms with E-state index in [1.165, 1.54) is 0 Å². The summed E-state index contributed by atoms with van der Waals surface area (Å²) in [7, 11) is 0. The van der Waals surface area contributed by atoms with Gasteiger partial charge in [0.15, 0.2) is 5.65 Å². The maximum Gasteiger partial charge on any atom is 0.228 e. The van der Waals surface area contributed by atoms with Gasteiger partial charge in [0, 0.05) is 29.6 Å². The van der Waals surface area contributed by atoms with Crippen molar-refractivity contribution in [2.45, 2.75) is 25.3 Å². The number of nitrogens with one attached hydrogen (secondary N) is 3. The first-order valence-corrected chi connectivity index (χ1v) is 9.19. The Morgan fingerprint density at radius 2 is 2.18 bits per heavy atom. The van der Waals surface area contributed by atoms with Gasteiger partial charge in [0.2, 0.25) is 5.91 Å².